The number of benzene rings is 1. The summed E-state index contributed by atoms with van der Waals surface area (Å²) in [6.45, 7) is 10.2. The molecular formula is C21H27F3. The summed E-state index contributed by atoms with van der Waals surface area (Å²) in [5.41, 5.74) is 4.47. The Labute approximate surface area is 143 Å². The number of halogens is 3. The number of hydrogen-bond donors (Lipinski definition) is 0. The average molecular weight is 336 g/mol. The Kier molecular flexibility index (Phi) is 7.53. The fourth-order valence-corrected chi connectivity index (χ4v) is 2.62. The van der Waals surface area contributed by atoms with Crippen molar-refractivity contribution in [3.8, 4) is 0 Å². The summed E-state index contributed by atoms with van der Waals surface area (Å²) in [6.07, 6.45) is 4.24. The van der Waals surface area contributed by atoms with Crippen LogP contribution in [0.25, 0.3) is 5.57 Å². The summed E-state index contributed by atoms with van der Waals surface area (Å²) in [4.78, 5) is 0. The summed E-state index contributed by atoms with van der Waals surface area (Å²) in [5.74, 6) is 0. The minimum atomic E-state index is -4.31. The van der Waals surface area contributed by atoms with Crippen molar-refractivity contribution >= 4 is 5.57 Å². The predicted molar refractivity (Wildman–Crippen MR) is 96.9 cm³/mol. The second-order valence-electron chi connectivity index (χ2n) is 5.94. The van der Waals surface area contributed by atoms with Crippen molar-refractivity contribution in [2.24, 2.45) is 0 Å². The van der Waals surface area contributed by atoms with Crippen molar-refractivity contribution in [2.45, 2.75) is 60.1 Å². The molecule has 0 bridgehead atoms. The second kappa shape index (κ2) is 8.91. The molecule has 0 aliphatic rings. The molecule has 0 aromatic heterocycles. The maximum absolute atomic E-state index is 13.0. The van der Waals surface area contributed by atoms with E-state index in [0.717, 1.165) is 30.0 Å². The van der Waals surface area contributed by atoms with Crippen LogP contribution in [0, 0.1) is 0 Å². The molecule has 0 aliphatic heterocycles. The summed E-state index contributed by atoms with van der Waals surface area (Å²) in [7, 11) is 0. The van der Waals surface area contributed by atoms with Crippen molar-refractivity contribution in [1.82, 2.24) is 0 Å². The second-order valence-corrected chi connectivity index (χ2v) is 5.94. The van der Waals surface area contributed by atoms with Crippen LogP contribution in [0.4, 0.5) is 13.2 Å². The minimum Gasteiger partial charge on any atom is -0.166 e. The van der Waals surface area contributed by atoms with Crippen LogP contribution in [-0.4, -0.2) is 0 Å². The smallest absolute Gasteiger partial charge is 0.166 e. The van der Waals surface area contributed by atoms with Gasteiger partial charge in [0.25, 0.3) is 0 Å². The number of hydrogen-bond acceptors (Lipinski definition) is 0. The van der Waals surface area contributed by atoms with Gasteiger partial charge in [0.1, 0.15) is 0 Å². The van der Waals surface area contributed by atoms with Gasteiger partial charge in [-0.25, -0.2) is 0 Å². The highest BCUT2D eigenvalue weighted by atomic mass is 19.4. The topological polar surface area (TPSA) is 0 Å². The maximum Gasteiger partial charge on any atom is 0.416 e. The highest BCUT2D eigenvalue weighted by molar-refractivity contribution is 5.69. The van der Waals surface area contributed by atoms with Gasteiger partial charge in [0.15, 0.2) is 0 Å². The van der Waals surface area contributed by atoms with Gasteiger partial charge < -0.3 is 0 Å². The van der Waals surface area contributed by atoms with Crippen LogP contribution in [0.1, 0.15) is 64.2 Å². The Balaban J connectivity index is 3.20. The van der Waals surface area contributed by atoms with Crippen molar-refractivity contribution in [2.75, 3.05) is 0 Å². The molecule has 0 nitrogen and oxygen atoms in total. The van der Waals surface area contributed by atoms with Gasteiger partial charge in [0.2, 0.25) is 0 Å². The first-order valence-corrected chi connectivity index (χ1v) is 8.48. The quantitative estimate of drug-likeness (QED) is 0.476. The van der Waals surface area contributed by atoms with Crippen molar-refractivity contribution in [3.63, 3.8) is 0 Å². The standard InChI is InChI=1S/C21H27F3/c1-6-15(4)17(7-2)11-9-10-16(5)20-14-19(21(22,23)24)13-12-18(20)8-3/h9-14H,6-8H2,1-5H3/b11-9-,16-10+,17-15+. The normalized spacial score (nSPS) is 14.2. The Morgan fingerprint density at radius 2 is 1.71 bits per heavy atom. The summed E-state index contributed by atoms with van der Waals surface area (Å²) in [6, 6.07) is 4.00. The highest BCUT2D eigenvalue weighted by Crippen LogP contribution is 2.32. The highest BCUT2D eigenvalue weighted by Gasteiger charge is 2.30. The van der Waals surface area contributed by atoms with Crippen LogP contribution in [0.5, 0.6) is 0 Å². The van der Waals surface area contributed by atoms with Crippen molar-refractivity contribution in [3.05, 3.63) is 64.3 Å². The van der Waals surface area contributed by atoms with Gasteiger partial charge in [-0.3, -0.25) is 0 Å². The molecule has 1 rings (SSSR count). The number of aryl methyl sites for hydroxylation is 1. The first kappa shape index (κ1) is 20.3. The molecule has 0 fully saturated rings. The lowest BCUT2D eigenvalue weighted by molar-refractivity contribution is -0.137. The Bertz CT molecular complexity index is 644. The minimum absolute atomic E-state index is 0.595. The molecule has 0 heterocycles. The number of alkyl halides is 3. The van der Waals surface area contributed by atoms with E-state index in [9.17, 15) is 13.2 Å². The molecule has 1 aromatic rings. The zero-order valence-electron chi connectivity index (χ0n) is 15.2. The number of rotatable bonds is 6. The van der Waals surface area contributed by atoms with E-state index in [1.54, 1.807) is 6.07 Å². The van der Waals surface area contributed by atoms with E-state index in [1.807, 2.05) is 26.0 Å². The van der Waals surface area contributed by atoms with Gasteiger partial charge in [-0.2, -0.15) is 13.2 Å². The van der Waals surface area contributed by atoms with Crippen LogP contribution in [0.3, 0.4) is 0 Å². The van der Waals surface area contributed by atoms with Gasteiger partial charge in [-0.1, -0.05) is 50.6 Å². The van der Waals surface area contributed by atoms with Crippen LogP contribution in [0.2, 0.25) is 0 Å². The van der Waals surface area contributed by atoms with Crippen molar-refractivity contribution in [1.29, 1.82) is 0 Å². The molecule has 0 N–H and O–H groups in total. The lowest BCUT2D eigenvalue weighted by Crippen LogP contribution is -2.06. The fourth-order valence-electron chi connectivity index (χ4n) is 2.62. The molecule has 0 unspecified atom stereocenters. The van der Waals surface area contributed by atoms with Gasteiger partial charge >= 0.3 is 6.18 Å². The Hall–Kier alpha value is -1.77. The Morgan fingerprint density at radius 3 is 2.21 bits per heavy atom. The third-order valence-corrected chi connectivity index (χ3v) is 4.35. The molecule has 0 atom stereocenters. The monoisotopic (exact) mass is 336 g/mol. The average Bonchev–Trinajstić information content (AvgIpc) is 2.56. The first-order valence-electron chi connectivity index (χ1n) is 8.48. The van der Waals surface area contributed by atoms with E-state index in [1.165, 1.54) is 17.2 Å². The molecule has 0 aliphatic carbocycles. The van der Waals surface area contributed by atoms with Gasteiger partial charge in [0.05, 0.1) is 5.56 Å². The largest absolute Gasteiger partial charge is 0.416 e. The van der Waals surface area contributed by atoms with E-state index in [0.29, 0.717) is 12.0 Å². The third kappa shape index (κ3) is 5.40. The Morgan fingerprint density at radius 1 is 1.04 bits per heavy atom. The molecule has 1 aromatic carbocycles. The van der Waals surface area contributed by atoms with E-state index in [2.05, 4.69) is 26.8 Å². The van der Waals surface area contributed by atoms with Gasteiger partial charge in [0, 0.05) is 0 Å². The summed E-state index contributed by atoms with van der Waals surface area (Å²) in [5, 5.41) is 0. The molecule has 0 radical (unpaired) electrons. The summed E-state index contributed by atoms with van der Waals surface area (Å²) >= 11 is 0. The SMILES string of the molecule is CC/C(C)=C(/C=C\C=C(/C)c1cc(C(F)(F)F)ccc1CC)CC. The van der Waals surface area contributed by atoms with Crippen LogP contribution < -0.4 is 0 Å². The van der Waals surface area contributed by atoms with Crippen LogP contribution in [-0.2, 0) is 12.6 Å². The van der Waals surface area contributed by atoms with Crippen molar-refractivity contribution < 1.29 is 13.2 Å². The van der Waals surface area contributed by atoms with E-state index < -0.39 is 11.7 Å². The lowest BCUT2D eigenvalue weighted by Gasteiger charge is -2.13. The molecule has 0 saturated carbocycles. The van der Waals surface area contributed by atoms with Gasteiger partial charge in [-0.05, 0) is 67.5 Å². The first-order chi connectivity index (χ1) is 11.2. The molecule has 0 spiro atoms. The molecule has 3 heteroatoms. The maximum atomic E-state index is 13.0. The molecule has 0 amide bonds. The fraction of sp³-hybridized carbons (Fsp3) is 0.429. The molecular weight excluding hydrogens is 309 g/mol. The van der Waals surface area contributed by atoms with Gasteiger partial charge in [-0.15, -0.1) is 0 Å². The van der Waals surface area contributed by atoms with E-state index >= 15 is 0 Å². The predicted octanol–water partition coefficient (Wildman–Crippen LogP) is 7.36. The van der Waals surface area contributed by atoms with Crippen LogP contribution >= 0.6 is 0 Å². The molecule has 132 valence electrons. The summed E-state index contributed by atoms with van der Waals surface area (Å²) < 4.78 is 38.9. The zero-order valence-corrected chi connectivity index (χ0v) is 15.2. The van der Waals surface area contributed by atoms with Crippen LogP contribution in [0.15, 0.2) is 47.6 Å². The number of allylic oxidation sites excluding steroid dienone is 6. The van der Waals surface area contributed by atoms with E-state index in [4.69, 9.17) is 0 Å². The lowest BCUT2D eigenvalue weighted by atomic mass is 9.96. The third-order valence-electron chi connectivity index (χ3n) is 4.35. The van der Waals surface area contributed by atoms with E-state index in [-0.39, 0.29) is 0 Å². The molecule has 24 heavy (non-hydrogen) atoms. The zero-order chi connectivity index (χ0) is 18.3. The molecule has 0 saturated heterocycles.